The zero-order chi connectivity index (χ0) is 18.8. The highest BCUT2D eigenvalue weighted by Gasteiger charge is 2.50. The Hall–Kier alpha value is -0.978. The minimum atomic E-state index is -1.57. The van der Waals surface area contributed by atoms with E-state index in [1.54, 1.807) is 0 Å². The van der Waals surface area contributed by atoms with E-state index in [0.29, 0.717) is 18.6 Å². The highest BCUT2D eigenvalue weighted by atomic mass is 28.3. The third kappa shape index (κ3) is 3.97. The Morgan fingerprint density at radius 2 is 1.73 bits per heavy atom. The lowest BCUT2D eigenvalue weighted by atomic mass is 9.43. The van der Waals surface area contributed by atoms with E-state index in [9.17, 15) is 0 Å². The summed E-state index contributed by atoms with van der Waals surface area (Å²) >= 11 is 0. The van der Waals surface area contributed by atoms with Gasteiger partial charge in [0.25, 0.3) is 0 Å². The first kappa shape index (κ1) is 19.8. The second kappa shape index (κ2) is 7.95. The van der Waals surface area contributed by atoms with Crippen molar-refractivity contribution in [1.29, 1.82) is 0 Å². The molecule has 2 aliphatic heterocycles. The summed E-state index contributed by atoms with van der Waals surface area (Å²) in [5.41, 5.74) is 1.48. The van der Waals surface area contributed by atoms with Crippen molar-refractivity contribution in [3.8, 4) is 12.3 Å². The van der Waals surface area contributed by atoms with Gasteiger partial charge in [-0.15, -0.1) is 12.3 Å². The van der Waals surface area contributed by atoms with Crippen molar-refractivity contribution in [3.63, 3.8) is 0 Å². The predicted molar refractivity (Wildman–Crippen MR) is 116 cm³/mol. The summed E-state index contributed by atoms with van der Waals surface area (Å²) in [6.07, 6.45) is 14.6. The Morgan fingerprint density at radius 1 is 1.12 bits per heavy atom. The summed E-state index contributed by atoms with van der Waals surface area (Å²) in [5.74, 6) is 4.91. The summed E-state index contributed by atoms with van der Waals surface area (Å²) in [4.78, 5) is 0. The van der Waals surface area contributed by atoms with Gasteiger partial charge in [0.15, 0.2) is 0 Å². The van der Waals surface area contributed by atoms with Crippen molar-refractivity contribution in [2.45, 2.75) is 88.4 Å². The molecular formula is C23H35BOSi. The first-order valence-corrected chi connectivity index (χ1v) is 14.0. The molecule has 2 atom stereocenters. The average Bonchev–Trinajstić information content (AvgIpc) is 2.82. The normalized spacial score (nSPS) is 28.7. The van der Waals surface area contributed by atoms with Gasteiger partial charge < -0.3 is 4.65 Å². The monoisotopic (exact) mass is 366 g/mol. The second-order valence-electron chi connectivity index (χ2n) is 9.76. The maximum Gasteiger partial charge on any atom is 0.304 e. The Labute approximate surface area is 162 Å². The van der Waals surface area contributed by atoms with Gasteiger partial charge in [-0.05, 0) is 30.0 Å². The summed E-state index contributed by atoms with van der Waals surface area (Å²) < 4.78 is 7.16. The van der Waals surface area contributed by atoms with Gasteiger partial charge in [-0.25, -0.2) is 0 Å². The molecular weight excluding hydrogens is 331 g/mol. The van der Waals surface area contributed by atoms with E-state index >= 15 is 0 Å². The Kier molecular flexibility index (Phi) is 6.05. The zero-order valence-electron chi connectivity index (χ0n) is 17.1. The minimum absolute atomic E-state index is 0.156. The average molecular weight is 366 g/mol. The van der Waals surface area contributed by atoms with Crippen LogP contribution in [0.2, 0.25) is 25.5 Å². The van der Waals surface area contributed by atoms with Crippen LogP contribution in [0.1, 0.15) is 63.3 Å². The van der Waals surface area contributed by atoms with Crippen LogP contribution in [0.15, 0.2) is 30.3 Å². The van der Waals surface area contributed by atoms with Crippen molar-refractivity contribution in [2.75, 3.05) is 0 Å². The molecule has 0 spiro atoms. The molecule has 1 nitrogen and oxygen atoms in total. The lowest BCUT2D eigenvalue weighted by Crippen LogP contribution is -2.56. The van der Waals surface area contributed by atoms with E-state index in [2.05, 4.69) is 62.8 Å². The first-order valence-electron chi connectivity index (χ1n) is 10.5. The van der Waals surface area contributed by atoms with Crippen LogP contribution in [-0.2, 0) is 4.65 Å². The van der Waals surface area contributed by atoms with Gasteiger partial charge in [-0.3, -0.25) is 0 Å². The van der Waals surface area contributed by atoms with Crippen LogP contribution in [-0.4, -0.2) is 20.2 Å². The fourth-order valence-electron chi connectivity index (χ4n) is 5.11. The van der Waals surface area contributed by atoms with Crippen LogP contribution < -0.4 is 0 Å². The standard InChI is InChI=1S/C23H35BOSi/c1-6-18-23(2,26(3,4)5)25-24-21-16-10-14-20(15-11-17-21)22(24)19-12-8-7-9-13-19/h1,7-9,12-13,20-22H,10-11,14-18H2,2-5H3/t20?,21?,22-,23-/m1/s1. The molecule has 0 aromatic heterocycles. The summed E-state index contributed by atoms with van der Waals surface area (Å²) in [7, 11) is -1.57. The molecule has 0 aliphatic carbocycles. The Morgan fingerprint density at radius 3 is 2.27 bits per heavy atom. The fourth-order valence-corrected chi connectivity index (χ4v) is 6.23. The lowest BCUT2D eigenvalue weighted by molar-refractivity contribution is 0.157. The third-order valence-electron chi connectivity index (χ3n) is 7.23. The minimum Gasteiger partial charge on any atom is -0.432 e. The number of benzene rings is 1. The summed E-state index contributed by atoms with van der Waals surface area (Å²) in [6.45, 7) is 9.84. The molecule has 3 rings (SSSR count). The summed E-state index contributed by atoms with van der Waals surface area (Å²) in [6, 6.07) is 11.2. The van der Waals surface area contributed by atoms with Crippen molar-refractivity contribution in [2.24, 2.45) is 5.92 Å². The fraction of sp³-hybridized carbons (Fsp3) is 0.652. The van der Waals surface area contributed by atoms with Gasteiger partial charge in [0.2, 0.25) is 0 Å². The molecule has 2 saturated heterocycles. The Balaban J connectivity index is 2.01. The van der Waals surface area contributed by atoms with E-state index in [1.165, 1.54) is 44.1 Å². The number of fused-ring (bicyclic) bond motifs is 3. The van der Waals surface area contributed by atoms with Crippen LogP contribution in [0, 0.1) is 18.3 Å². The van der Waals surface area contributed by atoms with Crippen molar-refractivity contribution in [3.05, 3.63) is 35.9 Å². The highest BCUT2D eigenvalue weighted by Crippen LogP contribution is 2.49. The van der Waals surface area contributed by atoms with Gasteiger partial charge in [-0.1, -0.05) is 88.5 Å². The van der Waals surface area contributed by atoms with Crippen molar-refractivity contribution in [1.82, 2.24) is 0 Å². The second-order valence-corrected chi connectivity index (χ2v) is 15.3. The molecule has 0 amide bonds. The van der Waals surface area contributed by atoms with E-state index in [-0.39, 0.29) is 5.22 Å². The number of hydrogen-bond acceptors (Lipinski definition) is 1. The number of terminal acetylenes is 1. The molecule has 2 aliphatic rings. The largest absolute Gasteiger partial charge is 0.432 e. The SMILES string of the molecule is C#CC[C@](C)(OB1C2CCCC(CCC2)[C@H]1c1ccccc1)[Si](C)(C)C. The molecule has 140 valence electrons. The van der Waals surface area contributed by atoms with Gasteiger partial charge >= 0.3 is 6.92 Å². The van der Waals surface area contributed by atoms with Crippen LogP contribution in [0.4, 0.5) is 0 Å². The number of hydrogen-bond donors (Lipinski definition) is 0. The molecule has 3 heteroatoms. The van der Waals surface area contributed by atoms with E-state index < -0.39 is 8.07 Å². The van der Waals surface area contributed by atoms with Gasteiger partial charge in [0.1, 0.15) is 0 Å². The van der Waals surface area contributed by atoms with Gasteiger partial charge in [0, 0.05) is 11.6 Å². The molecule has 0 saturated carbocycles. The maximum absolute atomic E-state index is 7.16. The van der Waals surface area contributed by atoms with Crippen LogP contribution in [0.5, 0.6) is 0 Å². The van der Waals surface area contributed by atoms with Crippen LogP contribution in [0.25, 0.3) is 0 Å². The topological polar surface area (TPSA) is 9.23 Å². The molecule has 1 aromatic rings. The van der Waals surface area contributed by atoms with Crippen LogP contribution in [0.3, 0.4) is 0 Å². The molecule has 2 fully saturated rings. The predicted octanol–water partition coefficient (Wildman–Crippen LogP) is 6.33. The lowest BCUT2D eigenvalue weighted by Gasteiger charge is -2.45. The quantitative estimate of drug-likeness (QED) is 0.437. The van der Waals surface area contributed by atoms with E-state index in [4.69, 9.17) is 11.1 Å². The molecule has 0 radical (unpaired) electrons. The van der Waals surface area contributed by atoms with E-state index in [1.807, 2.05) is 0 Å². The van der Waals surface area contributed by atoms with Crippen molar-refractivity contribution >= 4 is 15.0 Å². The molecule has 2 bridgehead atoms. The molecule has 0 unspecified atom stereocenters. The molecule has 26 heavy (non-hydrogen) atoms. The summed E-state index contributed by atoms with van der Waals surface area (Å²) in [5, 5.41) is -0.156. The molecule has 1 aromatic carbocycles. The molecule has 2 heterocycles. The Bertz CT molecular complexity index is 622. The number of rotatable bonds is 5. The highest BCUT2D eigenvalue weighted by molar-refractivity contribution is 6.79. The van der Waals surface area contributed by atoms with Crippen LogP contribution >= 0.6 is 0 Å². The van der Waals surface area contributed by atoms with Crippen molar-refractivity contribution < 1.29 is 4.65 Å². The third-order valence-corrected chi connectivity index (χ3v) is 10.7. The molecule has 0 N–H and O–H groups in total. The van der Waals surface area contributed by atoms with Gasteiger partial charge in [-0.2, -0.15) is 0 Å². The zero-order valence-corrected chi connectivity index (χ0v) is 18.1. The first-order chi connectivity index (χ1) is 12.4. The smallest absolute Gasteiger partial charge is 0.304 e. The van der Waals surface area contributed by atoms with E-state index in [0.717, 1.165) is 12.3 Å². The maximum atomic E-state index is 7.16. The van der Waals surface area contributed by atoms with Gasteiger partial charge in [0.05, 0.1) is 8.07 Å².